The average molecular weight is 296 g/mol. The lowest BCUT2D eigenvalue weighted by molar-refractivity contribution is -0.148. The number of rotatable bonds is 5. The van der Waals surface area contributed by atoms with Crippen LogP contribution in [0.3, 0.4) is 0 Å². The van der Waals surface area contributed by atoms with Crippen LogP contribution in [0.2, 0.25) is 0 Å². The van der Waals surface area contributed by atoms with Gasteiger partial charge in [0, 0.05) is 13.2 Å². The first kappa shape index (κ1) is 14.6. The predicted molar refractivity (Wildman–Crippen MR) is 75.9 cm³/mol. The topological polar surface area (TPSA) is 87.7 Å². The highest BCUT2D eigenvalue weighted by atomic mass is 16.5. The molecule has 3 N–H and O–H groups in total. The zero-order valence-electron chi connectivity index (χ0n) is 12.3. The first-order valence-electron chi connectivity index (χ1n) is 8.00. The van der Waals surface area contributed by atoms with Crippen LogP contribution in [0.15, 0.2) is 0 Å². The number of aliphatic carboxylic acids is 1. The third kappa shape index (κ3) is 3.15. The molecule has 2 amide bonds. The molecule has 0 bridgehead atoms. The second-order valence-electron chi connectivity index (χ2n) is 6.69. The fraction of sp³-hybridized carbons (Fsp3) is 0.867. The molecule has 0 aromatic heterocycles. The van der Waals surface area contributed by atoms with Crippen LogP contribution in [0.25, 0.3) is 0 Å². The smallest absolute Gasteiger partial charge is 0.315 e. The van der Waals surface area contributed by atoms with Gasteiger partial charge in [-0.2, -0.15) is 0 Å². The number of urea groups is 1. The van der Waals surface area contributed by atoms with Gasteiger partial charge in [-0.3, -0.25) is 4.79 Å². The summed E-state index contributed by atoms with van der Waals surface area (Å²) in [4.78, 5) is 23.5. The minimum atomic E-state index is -0.791. The first-order valence-corrected chi connectivity index (χ1v) is 8.00. The van der Waals surface area contributed by atoms with Gasteiger partial charge in [-0.1, -0.05) is 12.8 Å². The lowest BCUT2D eigenvalue weighted by atomic mass is 9.86. The monoisotopic (exact) mass is 296 g/mol. The Morgan fingerprint density at radius 3 is 2.52 bits per heavy atom. The number of carbonyl (C=O) groups excluding carboxylic acids is 1. The molecule has 118 valence electrons. The molecule has 1 saturated heterocycles. The summed E-state index contributed by atoms with van der Waals surface area (Å²) in [5.74, 6) is -0.196. The zero-order valence-corrected chi connectivity index (χ0v) is 12.3. The normalized spacial score (nSPS) is 31.0. The maximum Gasteiger partial charge on any atom is 0.315 e. The van der Waals surface area contributed by atoms with Crippen molar-refractivity contribution in [2.45, 2.75) is 57.1 Å². The Morgan fingerprint density at radius 2 is 1.90 bits per heavy atom. The molecule has 0 spiro atoms. The Hall–Kier alpha value is -1.30. The predicted octanol–water partition coefficient (Wildman–Crippen LogP) is 1.50. The van der Waals surface area contributed by atoms with Crippen molar-refractivity contribution in [2.75, 3.05) is 13.2 Å². The zero-order chi connectivity index (χ0) is 14.9. The summed E-state index contributed by atoms with van der Waals surface area (Å²) in [5.41, 5.74) is -0.764. The number of carboxylic acid groups (broad SMARTS) is 1. The van der Waals surface area contributed by atoms with Gasteiger partial charge in [0.15, 0.2) is 0 Å². The molecule has 0 aromatic carbocycles. The molecular formula is C15H24N2O4. The van der Waals surface area contributed by atoms with Gasteiger partial charge in [-0.05, 0) is 38.0 Å². The highest BCUT2D eigenvalue weighted by Crippen LogP contribution is 2.39. The average Bonchev–Trinajstić information content (AvgIpc) is 3.00. The lowest BCUT2D eigenvalue weighted by Gasteiger charge is -2.25. The number of hydrogen-bond donors (Lipinski definition) is 3. The van der Waals surface area contributed by atoms with Crippen molar-refractivity contribution < 1.29 is 19.4 Å². The molecule has 2 unspecified atom stereocenters. The number of carboxylic acids is 1. The Balaban J connectivity index is 1.48. The molecule has 3 fully saturated rings. The van der Waals surface area contributed by atoms with Gasteiger partial charge in [0.1, 0.15) is 0 Å². The molecule has 3 aliphatic rings. The largest absolute Gasteiger partial charge is 0.481 e. The second-order valence-corrected chi connectivity index (χ2v) is 6.69. The molecule has 2 atom stereocenters. The molecule has 21 heavy (non-hydrogen) atoms. The molecule has 3 rings (SSSR count). The van der Waals surface area contributed by atoms with Gasteiger partial charge < -0.3 is 20.5 Å². The molecule has 0 radical (unpaired) electrons. The Labute approximate surface area is 124 Å². The van der Waals surface area contributed by atoms with Crippen molar-refractivity contribution in [3.05, 3.63) is 0 Å². The van der Waals surface area contributed by atoms with Crippen LogP contribution in [0.1, 0.15) is 44.9 Å². The van der Waals surface area contributed by atoms with Crippen LogP contribution >= 0.6 is 0 Å². The lowest BCUT2D eigenvalue weighted by Crippen LogP contribution is -2.50. The second kappa shape index (κ2) is 5.83. The molecule has 2 saturated carbocycles. The van der Waals surface area contributed by atoms with Crippen LogP contribution in [-0.4, -0.2) is 42.4 Å². The summed E-state index contributed by atoms with van der Waals surface area (Å²) in [5, 5.41) is 15.1. The van der Waals surface area contributed by atoms with E-state index in [1.165, 1.54) is 12.8 Å². The van der Waals surface area contributed by atoms with Crippen molar-refractivity contribution in [2.24, 2.45) is 11.3 Å². The van der Waals surface area contributed by atoms with Crippen LogP contribution in [0.5, 0.6) is 0 Å². The first-order chi connectivity index (χ1) is 10.1. The number of ether oxygens (including phenoxy) is 1. The van der Waals surface area contributed by atoms with Crippen molar-refractivity contribution in [1.29, 1.82) is 0 Å². The summed E-state index contributed by atoms with van der Waals surface area (Å²) in [6, 6.07) is -0.189. The SMILES string of the molecule is O=C(NCC1(C(=O)O)CCCC1)NC1CCOC1C1CC1. The molecule has 0 aromatic rings. The van der Waals surface area contributed by atoms with E-state index in [4.69, 9.17) is 4.74 Å². The molecule has 6 heteroatoms. The van der Waals surface area contributed by atoms with E-state index >= 15 is 0 Å². The van der Waals surface area contributed by atoms with E-state index in [-0.39, 0.29) is 24.7 Å². The van der Waals surface area contributed by atoms with E-state index in [1.54, 1.807) is 0 Å². The van der Waals surface area contributed by atoms with Crippen LogP contribution in [0, 0.1) is 11.3 Å². The van der Waals surface area contributed by atoms with E-state index in [2.05, 4.69) is 10.6 Å². The number of nitrogens with one attached hydrogen (secondary N) is 2. The van der Waals surface area contributed by atoms with Gasteiger partial charge in [-0.25, -0.2) is 4.79 Å². The standard InChI is InChI=1S/C15H24N2O4/c18-13(19)15(6-1-2-7-15)9-16-14(20)17-11-5-8-21-12(11)10-3-4-10/h10-12H,1-9H2,(H,18,19)(H2,16,17,20). The molecular weight excluding hydrogens is 272 g/mol. The summed E-state index contributed by atoms with van der Waals surface area (Å²) in [6.45, 7) is 0.918. The maximum absolute atomic E-state index is 12.0. The number of amides is 2. The summed E-state index contributed by atoms with van der Waals surface area (Å²) in [7, 11) is 0. The Kier molecular flexibility index (Phi) is 4.06. The van der Waals surface area contributed by atoms with Crippen LogP contribution in [0.4, 0.5) is 4.79 Å². The summed E-state index contributed by atoms with van der Waals surface area (Å²) >= 11 is 0. The van der Waals surface area contributed by atoms with E-state index in [0.717, 1.165) is 19.3 Å². The fourth-order valence-corrected chi connectivity index (χ4v) is 3.64. The van der Waals surface area contributed by atoms with Crippen molar-refractivity contribution in [3.8, 4) is 0 Å². The van der Waals surface area contributed by atoms with E-state index in [1.807, 2.05) is 0 Å². The van der Waals surface area contributed by atoms with Gasteiger partial charge in [0.2, 0.25) is 0 Å². The quantitative estimate of drug-likeness (QED) is 0.717. The summed E-state index contributed by atoms with van der Waals surface area (Å²) < 4.78 is 5.69. The highest BCUT2D eigenvalue weighted by Gasteiger charge is 2.43. The van der Waals surface area contributed by atoms with E-state index in [9.17, 15) is 14.7 Å². The minimum absolute atomic E-state index is 0.0712. The van der Waals surface area contributed by atoms with Crippen molar-refractivity contribution >= 4 is 12.0 Å². The molecule has 1 heterocycles. The van der Waals surface area contributed by atoms with Gasteiger partial charge in [-0.15, -0.1) is 0 Å². The van der Waals surface area contributed by atoms with Crippen molar-refractivity contribution in [3.63, 3.8) is 0 Å². The van der Waals surface area contributed by atoms with Crippen LogP contribution in [-0.2, 0) is 9.53 Å². The summed E-state index contributed by atoms with van der Waals surface area (Å²) in [6.07, 6.45) is 6.53. The van der Waals surface area contributed by atoms with Gasteiger partial charge >= 0.3 is 12.0 Å². The maximum atomic E-state index is 12.0. The highest BCUT2D eigenvalue weighted by molar-refractivity contribution is 5.78. The number of carbonyl (C=O) groups is 2. The number of hydrogen-bond acceptors (Lipinski definition) is 3. The minimum Gasteiger partial charge on any atom is -0.481 e. The Bertz CT molecular complexity index is 416. The molecule has 2 aliphatic carbocycles. The Morgan fingerprint density at radius 1 is 1.19 bits per heavy atom. The third-order valence-electron chi connectivity index (χ3n) is 5.14. The molecule has 1 aliphatic heterocycles. The van der Waals surface area contributed by atoms with E-state index in [0.29, 0.717) is 25.4 Å². The van der Waals surface area contributed by atoms with Gasteiger partial charge in [0.05, 0.1) is 17.6 Å². The van der Waals surface area contributed by atoms with E-state index < -0.39 is 11.4 Å². The fourth-order valence-electron chi connectivity index (χ4n) is 3.64. The van der Waals surface area contributed by atoms with Gasteiger partial charge in [0.25, 0.3) is 0 Å². The van der Waals surface area contributed by atoms with Crippen molar-refractivity contribution in [1.82, 2.24) is 10.6 Å². The van der Waals surface area contributed by atoms with Crippen LogP contribution < -0.4 is 10.6 Å². The molecule has 6 nitrogen and oxygen atoms in total. The third-order valence-corrected chi connectivity index (χ3v) is 5.14.